The maximum absolute atomic E-state index is 13.7. The molecular formula is C16H24F2N2. The molecule has 1 unspecified atom stereocenters. The second-order valence-electron chi connectivity index (χ2n) is 5.93. The van der Waals surface area contributed by atoms with Crippen LogP contribution in [0, 0.1) is 11.6 Å². The third kappa shape index (κ3) is 3.55. The smallest absolute Gasteiger partial charge is 0.130 e. The summed E-state index contributed by atoms with van der Waals surface area (Å²) < 4.78 is 27.5. The number of hydrogen-bond donors (Lipinski definition) is 1. The van der Waals surface area contributed by atoms with Crippen molar-refractivity contribution >= 4 is 0 Å². The van der Waals surface area contributed by atoms with Crippen LogP contribution >= 0.6 is 0 Å². The van der Waals surface area contributed by atoms with E-state index in [4.69, 9.17) is 0 Å². The molecule has 2 nitrogen and oxygen atoms in total. The Hall–Kier alpha value is -1.00. The SMILES string of the molecule is CC(NC1CCN(C(C)C)CC1)c1c(F)cccc1F. The van der Waals surface area contributed by atoms with Crippen LogP contribution in [0.5, 0.6) is 0 Å². The normalized spacial score (nSPS) is 19.5. The molecule has 0 aliphatic carbocycles. The van der Waals surface area contributed by atoms with Crippen molar-refractivity contribution in [2.45, 2.75) is 51.7 Å². The molecule has 1 N–H and O–H groups in total. The summed E-state index contributed by atoms with van der Waals surface area (Å²) in [5, 5.41) is 3.37. The highest BCUT2D eigenvalue weighted by Gasteiger charge is 2.24. The number of nitrogens with one attached hydrogen (secondary N) is 1. The average molecular weight is 282 g/mol. The van der Waals surface area contributed by atoms with Gasteiger partial charge in [-0.15, -0.1) is 0 Å². The van der Waals surface area contributed by atoms with Crippen molar-refractivity contribution in [1.29, 1.82) is 0 Å². The quantitative estimate of drug-likeness (QED) is 0.909. The fourth-order valence-corrected chi connectivity index (χ4v) is 2.94. The molecule has 1 aromatic carbocycles. The van der Waals surface area contributed by atoms with E-state index in [-0.39, 0.29) is 11.6 Å². The van der Waals surface area contributed by atoms with Crippen LogP contribution < -0.4 is 5.32 Å². The molecule has 1 aliphatic rings. The largest absolute Gasteiger partial charge is 0.307 e. The molecule has 1 saturated heterocycles. The molecule has 0 amide bonds. The number of nitrogens with zero attached hydrogens (tertiary/aromatic N) is 1. The predicted octanol–water partition coefficient (Wildman–Crippen LogP) is 3.49. The summed E-state index contributed by atoms with van der Waals surface area (Å²) in [5.74, 6) is -0.936. The van der Waals surface area contributed by atoms with Gasteiger partial charge in [0.2, 0.25) is 0 Å². The first-order chi connectivity index (χ1) is 9.49. The average Bonchev–Trinajstić information content (AvgIpc) is 2.39. The first-order valence-corrected chi connectivity index (χ1v) is 7.43. The van der Waals surface area contributed by atoms with Crippen molar-refractivity contribution in [2.24, 2.45) is 0 Å². The molecule has 0 bridgehead atoms. The molecule has 2 rings (SSSR count). The predicted molar refractivity (Wildman–Crippen MR) is 77.6 cm³/mol. The van der Waals surface area contributed by atoms with E-state index in [1.807, 2.05) is 6.92 Å². The standard InChI is InChI=1S/C16H24F2N2/c1-11(2)20-9-7-13(8-10-20)19-12(3)16-14(17)5-4-6-15(16)18/h4-6,11-13,19H,7-10H2,1-3H3. The Morgan fingerprint density at radius 1 is 1.10 bits per heavy atom. The van der Waals surface area contributed by atoms with E-state index >= 15 is 0 Å². The van der Waals surface area contributed by atoms with E-state index in [1.54, 1.807) is 0 Å². The van der Waals surface area contributed by atoms with Crippen molar-refractivity contribution in [2.75, 3.05) is 13.1 Å². The second-order valence-corrected chi connectivity index (χ2v) is 5.93. The Labute approximate surface area is 120 Å². The van der Waals surface area contributed by atoms with Gasteiger partial charge in [-0.25, -0.2) is 8.78 Å². The van der Waals surface area contributed by atoms with E-state index in [0.717, 1.165) is 25.9 Å². The molecule has 1 aliphatic heterocycles. The Kier molecular flexibility index (Phi) is 5.11. The summed E-state index contributed by atoms with van der Waals surface area (Å²) in [4.78, 5) is 2.44. The zero-order valence-electron chi connectivity index (χ0n) is 12.5. The second kappa shape index (κ2) is 6.64. The number of piperidine rings is 1. The first-order valence-electron chi connectivity index (χ1n) is 7.43. The molecule has 0 spiro atoms. The molecule has 112 valence electrons. The van der Waals surface area contributed by atoms with Crippen LogP contribution in [-0.2, 0) is 0 Å². The molecule has 4 heteroatoms. The summed E-state index contributed by atoms with van der Waals surface area (Å²) >= 11 is 0. The molecular weight excluding hydrogens is 258 g/mol. The van der Waals surface area contributed by atoms with Gasteiger partial charge in [0, 0.05) is 23.7 Å². The van der Waals surface area contributed by atoms with E-state index in [2.05, 4.69) is 24.1 Å². The van der Waals surface area contributed by atoms with Gasteiger partial charge >= 0.3 is 0 Å². The zero-order chi connectivity index (χ0) is 14.7. The lowest BCUT2D eigenvalue weighted by molar-refractivity contribution is 0.157. The van der Waals surface area contributed by atoms with E-state index in [1.165, 1.54) is 18.2 Å². The van der Waals surface area contributed by atoms with E-state index in [0.29, 0.717) is 12.1 Å². The van der Waals surface area contributed by atoms with Crippen molar-refractivity contribution in [3.63, 3.8) is 0 Å². The molecule has 0 radical (unpaired) electrons. The monoisotopic (exact) mass is 282 g/mol. The fraction of sp³-hybridized carbons (Fsp3) is 0.625. The van der Waals surface area contributed by atoms with Gasteiger partial charge in [0.05, 0.1) is 0 Å². The topological polar surface area (TPSA) is 15.3 Å². The van der Waals surface area contributed by atoms with Gasteiger partial charge in [-0.3, -0.25) is 0 Å². The Morgan fingerprint density at radius 2 is 1.65 bits per heavy atom. The molecule has 1 fully saturated rings. The highest BCUT2D eigenvalue weighted by atomic mass is 19.1. The summed E-state index contributed by atoms with van der Waals surface area (Å²) in [7, 11) is 0. The number of likely N-dealkylation sites (tertiary alicyclic amines) is 1. The van der Waals surface area contributed by atoms with Crippen LogP contribution in [0.25, 0.3) is 0 Å². The highest BCUT2D eigenvalue weighted by molar-refractivity contribution is 5.22. The lowest BCUT2D eigenvalue weighted by atomic mass is 10.00. The maximum Gasteiger partial charge on any atom is 0.130 e. The molecule has 1 aromatic rings. The molecule has 0 saturated carbocycles. The number of hydrogen-bond acceptors (Lipinski definition) is 2. The van der Waals surface area contributed by atoms with Crippen molar-refractivity contribution in [1.82, 2.24) is 10.2 Å². The number of benzene rings is 1. The Balaban J connectivity index is 1.94. The van der Waals surface area contributed by atoms with Crippen LogP contribution in [0.4, 0.5) is 8.78 Å². The van der Waals surface area contributed by atoms with E-state index < -0.39 is 11.6 Å². The van der Waals surface area contributed by atoms with Crippen molar-refractivity contribution < 1.29 is 8.78 Å². The molecule has 20 heavy (non-hydrogen) atoms. The van der Waals surface area contributed by atoms with E-state index in [9.17, 15) is 8.78 Å². The van der Waals surface area contributed by atoms with Gasteiger partial charge in [-0.05, 0) is 58.8 Å². The van der Waals surface area contributed by atoms with Crippen LogP contribution in [0.15, 0.2) is 18.2 Å². The third-order valence-corrected chi connectivity index (χ3v) is 4.18. The minimum atomic E-state index is -0.468. The zero-order valence-corrected chi connectivity index (χ0v) is 12.5. The van der Waals surface area contributed by atoms with Crippen molar-refractivity contribution in [3.8, 4) is 0 Å². The summed E-state index contributed by atoms with van der Waals surface area (Å²) in [6, 6.07) is 4.64. The van der Waals surface area contributed by atoms with Crippen LogP contribution in [0.2, 0.25) is 0 Å². The Morgan fingerprint density at radius 3 is 2.15 bits per heavy atom. The first kappa shape index (κ1) is 15.4. The minimum absolute atomic E-state index is 0.152. The van der Waals surface area contributed by atoms with Gasteiger partial charge in [-0.1, -0.05) is 6.07 Å². The number of rotatable bonds is 4. The van der Waals surface area contributed by atoms with Gasteiger partial charge in [0.15, 0.2) is 0 Å². The lowest BCUT2D eigenvalue weighted by Gasteiger charge is -2.36. The van der Waals surface area contributed by atoms with Crippen LogP contribution in [0.1, 0.15) is 45.2 Å². The number of halogens is 2. The van der Waals surface area contributed by atoms with Gasteiger partial charge in [0.1, 0.15) is 11.6 Å². The lowest BCUT2D eigenvalue weighted by Crippen LogP contribution is -2.45. The summed E-state index contributed by atoms with van der Waals surface area (Å²) in [5.41, 5.74) is 0.152. The summed E-state index contributed by atoms with van der Waals surface area (Å²) in [6.45, 7) is 8.32. The maximum atomic E-state index is 13.7. The molecule has 0 aromatic heterocycles. The summed E-state index contributed by atoms with van der Waals surface area (Å²) in [6.07, 6.45) is 2.05. The van der Waals surface area contributed by atoms with Crippen LogP contribution in [-0.4, -0.2) is 30.1 Å². The fourth-order valence-electron chi connectivity index (χ4n) is 2.94. The third-order valence-electron chi connectivity index (χ3n) is 4.18. The van der Waals surface area contributed by atoms with Crippen LogP contribution in [0.3, 0.4) is 0 Å². The highest BCUT2D eigenvalue weighted by Crippen LogP contribution is 2.23. The minimum Gasteiger partial charge on any atom is -0.307 e. The van der Waals surface area contributed by atoms with Crippen molar-refractivity contribution in [3.05, 3.63) is 35.4 Å². The molecule has 1 heterocycles. The van der Waals surface area contributed by atoms with Gasteiger partial charge in [-0.2, -0.15) is 0 Å². The molecule has 1 atom stereocenters. The van der Waals surface area contributed by atoms with Gasteiger partial charge < -0.3 is 10.2 Å². The van der Waals surface area contributed by atoms with Gasteiger partial charge in [0.25, 0.3) is 0 Å². The Bertz CT molecular complexity index is 420.